The van der Waals surface area contributed by atoms with E-state index in [1.807, 2.05) is 0 Å². The predicted octanol–water partition coefficient (Wildman–Crippen LogP) is 3.26. The highest BCUT2D eigenvalue weighted by molar-refractivity contribution is 5.93. The van der Waals surface area contributed by atoms with E-state index in [2.05, 4.69) is 5.32 Å². The van der Waals surface area contributed by atoms with Gasteiger partial charge in [-0.1, -0.05) is 48.5 Å². The van der Waals surface area contributed by atoms with E-state index in [4.69, 9.17) is 23.7 Å². The van der Waals surface area contributed by atoms with Crippen molar-refractivity contribution >= 4 is 29.8 Å². The molecule has 10 atom stereocenters. The average molecular weight is 796 g/mol. The molecule has 1 aliphatic heterocycles. The Bertz CT molecular complexity index is 1870. The minimum atomic E-state index is -2.13. The van der Waals surface area contributed by atoms with Gasteiger partial charge in [0.2, 0.25) is 0 Å². The zero-order valence-corrected chi connectivity index (χ0v) is 33.4. The molecule has 2 aromatic carbocycles. The zero-order valence-electron chi connectivity index (χ0n) is 33.4. The molecule has 57 heavy (non-hydrogen) atoms. The molecule has 2 aromatic rings. The molecule has 5 N–H and O–H groups in total. The second kappa shape index (κ2) is 16.3. The van der Waals surface area contributed by atoms with Crippen LogP contribution < -0.4 is 5.32 Å². The van der Waals surface area contributed by atoms with Crippen molar-refractivity contribution in [3.63, 3.8) is 0 Å². The Balaban J connectivity index is 1.67. The van der Waals surface area contributed by atoms with E-state index < -0.39 is 107 Å². The van der Waals surface area contributed by atoms with Crippen molar-refractivity contribution in [3.8, 4) is 0 Å². The van der Waals surface area contributed by atoms with Gasteiger partial charge in [0.25, 0.3) is 0 Å². The Morgan fingerprint density at radius 3 is 2.05 bits per heavy atom. The first-order valence-electron chi connectivity index (χ1n) is 18.9. The number of carbonyl (C=O) groups excluding carboxylic acids is 5. The monoisotopic (exact) mass is 795 g/mol. The number of esters is 3. The number of amides is 1. The van der Waals surface area contributed by atoms with E-state index >= 15 is 0 Å². The lowest BCUT2D eigenvalue weighted by Crippen LogP contribution is -2.77. The summed E-state index contributed by atoms with van der Waals surface area (Å²) >= 11 is 0. The maximum atomic E-state index is 14.8. The SMILES string of the molecule is CC(=O)O[C@@]12COC1C[C@H](O)[C@@]1(C)C(=O)[C@H](O)/C(C(C)(C)O)=C(\C)[C@@H](OC(=O)[C@H](O)C(NC(=O)OC(C)(C)C)c3ccccc3)C[C@@H](OC(=O)c3ccccc3)[C@@H]12. The summed E-state index contributed by atoms with van der Waals surface area (Å²) in [7, 11) is 0. The number of rotatable bonds is 9. The van der Waals surface area contributed by atoms with Crippen LogP contribution >= 0.6 is 0 Å². The summed E-state index contributed by atoms with van der Waals surface area (Å²) in [5, 5.41) is 49.5. The van der Waals surface area contributed by atoms with Gasteiger partial charge in [-0.25, -0.2) is 14.4 Å². The maximum Gasteiger partial charge on any atom is 0.408 e. The molecule has 2 fully saturated rings. The van der Waals surface area contributed by atoms with E-state index in [1.165, 1.54) is 39.8 Å². The molecule has 3 aliphatic rings. The van der Waals surface area contributed by atoms with Crippen LogP contribution in [0.25, 0.3) is 0 Å². The average Bonchev–Trinajstić information content (AvgIpc) is 3.14. The molecule has 0 radical (unpaired) electrons. The van der Waals surface area contributed by atoms with Gasteiger partial charge in [-0.3, -0.25) is 9.59 Å². The maximum absolute atomic E-state index is 14.8. The number of benzene rings is 2. The first-order valence-corrected chi connectivity index (χ1v) is 18.9. The van der Waals surface area contributed by atoms with Crippen molar-refractivity contribution in [1.82, 2.24) is 5.32 Å². The fourth-order valence-electron chi connectivity index (χ4n) is 8.50. The summed E-state index contributed by atoms with van der Waals surface area (Å²) < 4.78 is 29.4. The smallest absolute Gasteiger partial charge is 0.408 e. The van der Waals surface area contributed by atoms with Crippen molar-refractivity contribution in [2.75, 3.05) is 6.61 Å². The fraction of sp³-hybridized carbons (Fsp3) is 0.548. The third-order valence-corrected chi connectivity index (χ3v) is 11.0. The molecule has 0 bridgehead atoms. The van der Waals surface area contributed by atoms with E-state index in [1.54, 1.807) is 69.3 Å². The van der Waals surface area contributed by atoms with Crippen LogP contribution in [0.3, 0.4) is 0 Å². The van der Waals surface area contributed by atoms with Crippen molar-refractivity contribution in [2.45, 2.75) is 128 Å². The van der Waals surface area contributed by atoms with Gasteiger partial charge in [0.1, 0.15) is 30.0 Å². The quantitative estimate of drug-likeness (QED) is 0.140. The van der Waals surface area contributed by atoms with Crippen molar-refractivity contribution < 1.29 is 68.1 Å². The molecule has 1 heterocycles. The molecule has 1 saturated heterocycles. The lowest BCUT2D eigenvalue weighted by molar-refractivity contribution is -0.330. The Kier molecular flexibility index (Phi) is 12.4. The second-order valence-corrected chi connectivity index (χ2v) is 16.7. The van der Waals surface area contributed by atoms with Crippen LogP contribution in [-0.2, 0) is 38.1 Å². The Morgan fingerprint density at radius 2 is 1.53 bits per heavy atom. The minimum Gasteiger partial charge on any atom is -0.458 e. The molecular formula is C42H53NO14. The third kappa shape index (κ3) is 8.77. The number of hydrogen-bond acceptors (Lipinski definition) is 14. The number of ketones is 1. The number of fused-ring (bicyclic) bond motifs is 3. The Hall–Kier alpha value is -4.67. The molecule has 2 unspecified atom stereocenters. The molecular weight excluding hydrogens is 742 g/mol. The standard InChI is InChI=1S/C42H53NO14/c1-22-26(54-37(50)33(47)31(24-15-11-9-12-16-24)43-38(51)57-39(3,4)5)19-27(55-36(49)25-17-13-10-14-18-25)34-41(8,35(48)32(46)30(22)40(6,7)52)28(45)20-29-42(34,21-53-29)56-23(2)44/h9-18,26-29,31-34,45-47,52H,19-21H2,1-8H3,(H,43,51)/b30-22-/t26-,27+,28-,29?,31?,32+,33+,34-,41+,42-/m0/s1. The van der Waals surface area contributed by atoms with E-state index in [-0.39, 0.29) is 29.7 Å². The van der Waals surface area contributed by atoms with E-state index in [0.29, 0.717) is 5.56 Å². The molecule has 0 aromatic heterocycles. The highest BCUT2D eigenvalue weighted by Gasteiger charge is 2.73. The topological polar surface area (TPSA) is 224 Å². The second-order valence-electron chi connectivity index (χ2n) is 16.7. The van der Waals surface area contributed by atoms with Gasteiger partial charge in [-0.2, -0.15) is 0 Å². The van der Waals surface area contributed by atoms with Crippen LogP contribution in [0.5, 0.6) is 0 Å². The summed E-state index contributed by atoms with van der Waals surface area (Å²) in [5.74, 6) is -5.31. The van der Waals surface area contributed by atoms with Crippen LogP contribution in [0.4, 0.5) is 4.79 Å². The van der Waals surface area contributed by atoms with E-state index in [9.17, 15) is 44.4 Å². The number of carbonyl (C=O) groups is 5. The van der Waals surface area contributed by atoms with Crippen molar-refractivity contribution in [1.29, 1.82) is 0 Å². The molecule has 2 aliphatic carbocycles. The number of aliphatic hydroxyl groups is 4. The van der Waals surface area contributed by atoms with E-state index in [0.717, 1.165) is 6.92 Å². The van der Waals surface area contributed by atoms with Gasteiger partial charge < -0.3 is 49.4 Å². The largest absolute Gasteiger partial charge is 0.458 e. The van der Waals surface area contributed by atoms with Crippen LogP contribution in [0, 0.1) is 11.3 Å². The van der Waals surface area contributed by atoms with Crippen LogP contribution in [0.15, 0.2) is 71.8 Å². The summed E-state index contributed by atoms with van der Waals surface area (Å²) in [5.41, 5.74) is -6.46. The van der Waals surface area contributed by atoms with Gasteiger partial charge in [-0.05, 0) is 77.3 Å². The van der Waals surface area contributed by atoms with Gasteiger partial charge in [0.15, 0.2) is 17.5 Å². The van der Waals surface area contributed by atoms with Crippen molar-refractivity contribution in [2.24, 2.45) is 11.3 Å². The highest BCUT2D eigenvalue weighted by atomic mass is 16.6. The molecule has 15 nitrogen and oxygen atoms in total. The van der Waals surface area contributed by atoms with Gasteiger partial charge >= 0.3 is 24.0 Å². The van der Waals surface area contributed by atoms with Gasteiger partial charge in [0.05, 0.1) is 41.3 Å². The summed E-state index contributed by atoms with van der Waals surface area (Å²) in [6, 6.07) is 14.6. The first kappa shape index (κ1) is 43.5. The van der Waals surface area contributed by atoms with Crippen LogP contribution in [0.2, 0.25) is 0 Å². The lowest BCUT2D eigenvalue weighted by Gasteiger charge is -2.63. The molecule has 1 amide bonds. The normalized spacial score (nSPS) is 31.3. The number of alkyl carbamates (subject to hydrolysis) is 1. The Morgan fingerprint density at radius 1 is 0.930 bits per heavy atom. The number of aliphatic hydroxyl groups excluding tert-OH is 3. The van der Waals surface area contributed by atoms with Crippen molar-refractivity contribution in [3.05, 3.63) is 82.9 Å². The summed E-state index contributed by atoms with van der Waals surface area (Å²) in [6.07, 6.45) is -11.4. The number of ether oxygens (including phenoxy) is 5. The Labute approximate surface area is 331 Å². The molecule has 1 saturated carbocycles. The van der Waals surface area contributed by atoms with Crippen LogP contribution in [-0.4, -0.2) is 110 Å². The van der Waals surface area contributed by atoms with Gasteiger partial charge in [0, 0.05) is 19.8 Å². The number of nitrogens with one attached hydrogen (secondary N) is 1. The first-order chi connectivity index (χ1) is 26.5. The zero-order chi connectivity index (χ0) is 42.2. The third-order valence-electron chi connectivity index (χ3n) is 11.0. The highest BCUT2D eigenvalue weighted by Crippen LogP contribution is 2.58. The summed E-state index contributed by atoms with van der Waals surface area (Å²) in [6.45, 7) is 11.2. The molecule has 0 spiro atoms. The van der Waals surface area contributed by atoms with Crippen LogP contribution in [0.1, 0.15) is 90.2 Å². The summed E-state index contributed by atoms with van der Waals surface area (Å²) in [4.78, 5) is 68.7. The van der Waals surface area contributed by atoms with Gasteiger partial charge in [-0.15, -0.1) is 0 Å². The molecule has 15 heteroatoms. The minimum absolute atomic E-state index is 0.0271. The lowest BCUT2D eigenvalue weighted by atomic mass is 9.52. The number of hydrogen-bond donors (Lipinski definition) is 5. The number of Topliss-reactive ketones (excluding diaryl/α,β-unsaturated/α-hetero) is 1. The fourth-order valence-corrected chi connectivity index (χ4v) is 8.50. The molecule has 5 rings (SSSR count). The predicted molar refractivity (Wildman–Crippen MR) is 201 cm³/mol. The molecule has 310 valence electrons.